The fourth-order valence-electron chi connectivity index (χ4n) is 5.35. The molecule has 0 N–H and O–H groups in total. The van der Waals surface area contributed by atoms with Gasteiger partial charge in [-0.3, -0.25) is 19.6 Å². The molecule has 42 heavy (non-hydrogen) atoms. The Morgan fingerprint density at radius 3 is 0.905 bits per heavy atom. The third-order valence-electron chi connectivity index (χ3n) is 8.48. The quantitative estimate of drug-likeness (QED) is 0.0475. The topological polar surface area (TPSA) is 40.6 Å². The summed E-state index contributed by atoms with van der Waals surface area (Å²) < 4.78 is 0. The number of rotatable bonds is 30. The average Bonchev–Trinajstić information content (AvgIpc) is 3.00. The van der Waals surface area contributed by atoms with Crippen LogP contribution < -0.4 is 0 Å². The molecule has 4 heteroatoms. The maximum absolute atomic E-state index is 12.6. The van der Waals surface area contributed by atoms with E-state index in [4.69, 9.17) is 0 Å². The van der Waals surface area contributed by atoms with Crippen molar-refractivity contribution in [1.82, 2.24) is 10.0 Å². The minimum Gasteiger partial charge on any atom is -0.273 e. The lowest BCUT2D eigenvalue weighted by Gasteiger charge is -2.28. The molecule has 0 aliphatic carbocycles. The number of hydrogen-bond acceptors (Lipinski definition) is 2. The van der Waals surface area contributed by atoms with Gasteiger partial charge in [0.1, 0.15) is 0 Å². The summed E-state index contributed by atoms with van der Waals surface area (Å²) in [6.45, 7) is 4.54. The molecule has 0 fully saturated rings. The second-order valence-corrected chi connectivity index (χ2v) is 12.5. The van der Waals surface area contributed by atoms with E-state index in [1.165, 1.54) is 151 Å². The summed E-state index contributed by atoms with van der Waals surface area (Å²) in [5.74, 6) is 0.0982. The van der Waals surface area contributed by atoms with Crippen LogP contribution in [-0.4, -0.2) is 35.9 Å². The van der Waals surface area contributed by atoms with Gasteiger partial charge in [0.15, 0.2) is 0 Å². The summed E-state index contributed by atoms with van der Waals surface area (Å²) >= 11 is 0. The number of hydrazine groups is 1. The van der Waals surface area contributed by atoms with Crippen LogP contribution in [0.1, 0.15) is 194 Å². The molecule has 0 bridgehead atoms. The molecule has 0 aromatic rings. The summed E-state index contributed by atoms with van der Waals surface area (Å²) in [7, 11) is 3.47. The zero-order valence-electron chi connectivity index (χ0n) is 28.8. The normalized spacial score (nSPS) is 11.6. The van der Waals surface area contributed by atoms with Crippen LogP contribution in [0.5, 0.6) is 0 Å². The molecular formula is C38H72N2O2. The van der Waals surface area contributed by atoms with Crippen molar-refractivity contribution in [2.24, 2.45) is 0 Å². The van der Waals surface area contributed by atoms with Gasteiger partial charge in [-0.05, 0) is 64.2 Å². The predicted octanol–water partition coefficient (Wildman–Crippen LogP) is 11.9. The van der Waals surface area contributed by atoms with Gasteiger partial charge in [0, 0.05) is 26.9 Å². The molecule has 0 atom stereocenters. The van der Waals surface area contributed by atoms with E-state index in [9.17, 15) is 9.59 Å². The summed E-state index contributed by atoms with van der Waals surface area (Å²) in [4.78, 5) is 25.1. The van der Waals surface area contributed by atoms with Crippen molar-refractivity contribution < 1.29 is 9.59 Å². The SMILES string of the molecule is CCCCCCCCC=CCCCCCCCC(=O)N(C)N(C)C(=O)CCCCCCCC=CCCCCCCCC. The van der Waals surface area contributed by atoms with Gasteiger partial charge in [-0.15, -0.1) is 0 Å². The first-order valence-electron chi connectivity index (χ1n) is 18.4. The third-order valence-corrected chi connectivity index (χ3v) is 8.48. The van der Waals surface area contributed by atoms with Crippen LogP contribution in [0.4, 0.5) is 0 Å². The van der Waals surface area contributed by atoms with Gasteiger partial charge in [-0.25, -0.2) is 0 Å². The third kappa shape index (κ3) is 27.3. The molecule has 0 radical (unpaired) electrons. The van der Waals surface area contributed by atoms with Crippen molar-refractivity contribution in [3.05, 3.63) is 24.3 Å². The van der Waals surface area contributed by atoms with Gasteiger partial charge in [-0.2, -0.15) is 0 Å². The van der Waals surface area contributed by atoms with Gasteiger partial charge in [0.25, 0.3) is 0 Å². The fraction of sp³-hybridized carbons (Fsp3) is 0.842. The molecule has 0 heterocycles. The van der Waals surface area contributed by atoms with E-state index in [-0.39, 0.29) is 11.8 Å². The highest BCUT2D eigenvalue weighted by Gasteiger charge is 2.18. The van der Waals surface area contributed by atoms with E-state index < -0.39 is 0 Å². The number of nitrogens with zero attached hydrogens (tertiary/aromatic N) is 2. The summed E-state index contributed by atoms with van der Waals surface area (Å²) in [6.07, 6.45) is 43.1. The van der Waals surface area contributed by atoms with Crippen LogP contribution in [-0.2, 0) is 9.59 Å². The highest BCUT2D eigenvalue weighted by molar-refractivity contribution is 5.81. The number of carbonyl (C=O) groups excluding carboxylic acids is 2. The second-order valence-electron chi connectivity index (χ2n) is 12.5. The van der Waals surface area contributed by atoms with Crippen molar-refractivity contribution in [1.29, 1.82) is 0 Å². The summed E-state index contributed by atoms with van der Waals surface area (Å²) in [6, 6.07) is 0. The molecule has 4 nitrogen and oxygen atoms in total. The second kappa shape index (κ2) is 32.3. The van der Waals surface area contributed by atoms with Gasteiger partial charge >= 0.3 is 0 Å². The van der Waals surface area contributed by atoms with Crippen LogP contribution in [0.25, 0.3) is 0 Å². The van der Waals surface area contributed by atoms with E-state index in [2.05, 4.69) is 38.2 Å². The van der Waals surface area contributed by atoms with Gasteiger partial charge < -0.3 is 0 Å². The summed E-state index contributed by atoms with van der Waals surface area (Å²) in [5.41, 5.74) is 0. The lowest BCUT2D eigenvalue weighted by atomic mass is 10.1. The molecular weight excluding hydrogens is 516 g/mol. The molecule has 246 valence electrons. The van der Waals surface area contributed by atoms with Crippen LogP contribution in [0, 0.1) is 0 Å². The highest BCUT2D eigenvalue weighted by Crippen LogP contribution is 2.13. The number of allylic oxidation sites excluding steroid dienone is 4. The molecule has 0 unspecified atom stereocenters. The number of unbranched alkanes of at least 4 members (excludes halogenated alkanes) is 22. The molecule has 2 amide bonds. The van der Waals surface area contributed by atoms with Crippen molar-refractivity contribution in [2.75, 3.05) is 14.1 Å². The van der Waals surface area contributed by atoms with Crippen molar-refractivity contribution in [3.63, 3.8) is 0 Å². The van der Waals surface area contributed by atoms with Crippen molar-refractivity contribution >= 4 is 11.8 Å². The minimum atomic E-state index is 0.0491. The zero-order chi connectivity index (χ0) is 30.9. The summed E-state index contributed by atoms with van der Waals surface area (Å²) in [5, 5.41) is 3.04. The maximum Gasteiger partial charge on any atom is 0.240 e. The highest BCUT2D eigenvalue weighted by atomic mass is 16.2. The van der Waals surface area contributed by atoms with Crippen LogP contribution in [0.3, 0.4) is 0 Å². The van der Waals surface area contributed by atoms with Crippen molar-refractivity contribution in [2.45, 2.75) is 194 Å². The van der Waals surface area contributed by atoms with Crippen molar-refractivity contribution in [3.8, 4) is 0 Å². The Balaban J connectivity index is 3.63. The Bertz CT molecular complexity index is 601. The Morgan fingerprint density at radius 1 is 0.381 bits per heavy atom. The fourth-order valence-corrected chi connectivity index (χ4v) is 5.35. The first-order chi connectivity index (χ1) is 20.5. The lowest BCUT2D eigenvalue weighted by molar-refractivity contribution is -0.158. The number of carbonyl (C=O) groups is 2. The Hall–Kier alpha value is -1.58. The zero-order valence-corrected chi connectivity index (χ0v) is 28.8. The predicted molar refractivity (Wildman–Crippen MR) is 184 cm³/mol. The minimum absolute atomic E-state index is 0.0491. The van der Waals surface area contributed by atoms with Gasteiger partial charge in [-0.1, -0.05) is 141 Å². The molecule has 0 aromatic heterocycles. The maximum atomic E-state index is 12.6. The molecule has 0 saturated carbocycles. The molecule has 0 aromatic carbocycles. The van der Waals surface area contributed by atoms with E-state index in [0.29, 0.717) is 12.8 Å². The van der Waals surface area contributed by atoms with E-state index in [1.54, 1.807) is 14.1 Å². The van der Waals surface area contributed by atoms with E-state index in [0.717, 1.165) is 25.7 Å². The van der Waals surface area contributed by atoms with E-state index in [1.807, 2.05) is 0 Å². The largest absolute Gasteiger partial charge is 0.273 e. The standard InChI is InChI=1S/C38H72N2O2/c1-5-7-9-11-13-15-17-19-21-23-25-27-29-31-33-35-37(41)39(3)40(4)38(42)36-34-32-30-28-26-24-22-20-18-16-14-12-10-8-6-2/h19-22H,5-18,23-36H2,1-4H3. The van der Waals surface area contributed by atoms with Crippen LogP contribution >= 0.6 is 0 Å². The molecule has 0 saturated heterocycles. The Morgan fingerprint density at radius 2 is 0.619 bits per heavy atom. The first-order valence-corrected chi connectivity index (χ1v) is 18.4. The molecule has 0 aliphatic heterocycles. The smallest absolute Gasteiger partial charge is 0.240 e. The average molecular weight is 589 g/mol. The number of hydrogen-bond donors (Lipinski definition) is 0. The molecule has 0 aliphatic rings. The Labute approximate surface area is 263 Å². The lowest BCUT2D eigenvalue weighted by Crippen LogP contribution is -2.44. The Kier molecular flexibility index (Phi) is 31.1. The van der Waals surface area contributed by atoms with Gasteiger partial charge in [0.05, 0.1) is 0 Å². The monoisotopic (exact) mass is 589 g/mol. The van der Waals surface area contributed by atoms with Crippen LogP contribution in [0.15, 0.2) is 24.3 Å². The molecule has 0 spiro atoms. The van der Waals surface area contributed by atoms with E-state index >= 15 is 0 Å². The first kappa shape index (κ1) is 40.4. The number of amides is 2. The van der Waals surface area contributed by atoms with Crippen LogP contribution in [0.2, 0.25) is 0 Å². The molecule has 0 rings (SSSR count). The van der Waals surface area contributed by atoms with Gasteiger partial charge in [0.2, 0.25) is 11.8 Å².